The van der Waals surface area contributed by atoms with Crippen LogP contribution in [0.15, 0.2) is 24.3 Å². The first-order valence-electron chi connectivity index (χ1n) is 7.71. The van der Waals surface area contributed by atoms with Gasteiger partial charge in [-0.05, 0) is 37.6 Å². The Hall–Kier alpha value is -2.08. The van der Waals surface area contributed by atoms with Crippen molar-refractivity contribution in [1.29, 1.82) is 0 Å². The molecule has 0 aliphatic carbocycles. The summed E-state index contributed by atoms with van der Waals surface area (Å²) in [6, 6.07) is 7.34. The number of ether oxygens (including phenoxy) is 1. The van der Waals surface area contributed by atoms with Crippen LogP contribution in [-0.4, -0.2) is 55.7 Å². The van der Waals surface area contributed by atoms with Crippen LogP contribution in [0.2, 0.25) is 0 Å². The Morgan fingerprint density at radius 2 is 2.00 bits per heavy atom. The van der Waals surface area contributed by atoms with Crippen LogP contribution in [0.4, 0.5) is 10.5 Å². The molecule has 2 heterocycles. The van der Waals surface area contributed by atoms with Crippen LogP contribution in [0.1, 0.15) is 23.7 Å². The number of hydrogen-bond donors (Lipinski definition) is 1. The lowest BCUT2D eigenvalue weighted by Gasteiger charge is -2.26. The molecule has 118 valence electrons. The Kier molecular flexibility index (Phi) is 4.29. The molecule has 22 heavy (non-hydrogen) atoms. The van der Waals surface area contributed by atoms with Gasteiger partial charge in [-0.2, -0.15) is 0 Å². The number of nitrogens with one attached hydrogen (secondary N) is 1. The summed E-state index contributed by atoms with van der Waals surface area (Å²) in [7, 11) is 0. The Labute approximate surface area is 130 Å². The van der Waals surface area contributed by atoms with Crippen LogP contribution in [0.3, 0.4) is 0 Å². The second kappa shape index (κ2) is 6.36. The Morgan fingerprint density at radius 1 is 1.23 bits per heavy atom. The summed E-state index contributed by atoms with van der Waals surface area (Å²) in [5.74, 6) is 0.0235. The first-order chi connectivity index (χ1) is 10.7. The van der Waals surface area contributed by atoms with E-state index in [1.54, 1.807) is 17.0 Å². The van der Waals surface area contributed by atoms with Gasteiger partial charge in [-0.15, -0.1) is 0 Å². The molecule has 1 unspecified atom stereocenters. The maximum absolute atomic E-state index is 12.6. The van der Waals surface area contributed by atoms with E-state index in [9.17, 15) is 9.59 Å². The smallest absolute Gasteiger partial charge is 0.321 e. The normalized spacial score (nSPS) is 22.4. The molecule has 6 heteroatoms. The number of anilines is 1. The largest absolute Gasteiger partial charge is 0.380 e. The maximum atomic E-state index is 12.6. The Balaban J connectivity index is 1.74. The summed E-state index contributed by atoms with van der Waals surface area (Å²) in [6.07, 6.45) is 0.859. The highest BCUT2D eigenvalue weighted by molar-refractivity contribution is 5.97. The molecule has 1 atom stereocenters. The van der Waals surface area contributed by atoms with Gasteiger partial charge < -0.3 is 15.0 Å². The number of amides is 3. The number of rotatable bonds is 2. The van der Waals surface area contributed by atoms with Gasteiger partial charge in [0, 0.05) is 43.5 Å². The van der Waals surface area contributed by atoms with Gasteiger partial charge in [0.05, 0.1) is 6.61 Å². The van der Waals surface area contributed by atoms with Crippen LogP contribution < -0.4 is 10.2 Å². The minimum absolute atomic E-state index is 0.0235. The average Bonchev–Trinajstić information content (AvgIpc) is 2.84. The zero-order chi connectivity index (χ0) is 15.5. The number of carbonyl (C=O) groups excluding carboxylic acids is 2. The maximum Gasteiger partial charge on any atom is 0.321 e. The fraction of sp³-hybridized carbons (Fsp3) is 0.500. The lowest BCUT2D eigenvalue weighted by Crippen LogP contribution is -2.39. The van der Waals surface area contributed by atoms with Gasteiger partial charge in [0.2, 0.25) is 0 Å². The molecule has 2 aliphatic rings. The van der Waals surface area contributed by atoms with Gasteiger partial charge in [-0.1, -0.05) is 0 Å². The fourth-order valence-corrected chi connectivity index (χ4v) is 2.86. The van der Waals surface area contributed by atoms with E-state index in [0.29, 0.717) is 38.4 Å². The number of hydrogen-bond acceptors (Lipinski definition) is 3. The van der Waals surface area contributed by atoms with E-state index in [-0.39, 0.29) is 18.0 Å². The average molecular weight is 303 g/mol. The summed E-state index contributed by atoms with van der Waals surface area (Å²) in [5.41, 5.74) is 1.47. The molecule has 3 amide bonds. The Morgan fingerprint density at radius 3 is 2.68 bits per heavy atom. The summed E-state index contributed by atoms with van der Waals surface area (Å²) in [5, 5.41) is 2.77. The van der Waals surface area contributed by atoms with Crippen molar-refractivity contribution in [3.63, 3.8) is 0 Å². The monoisotopic (exact) mass is 303 g/mol. The van der Waals surface area contributed by atoms with Crippen molar-refractivity contribution in [2.24, 2.45) is 0 Å². The number of benzene rings is 1. The van der Waals surface area contributed by atoms with E-state index in [1.807, 2.05) is 17.0 Å². The van der Waals surface area contributed by atoms with Crippen molar-refractivity contribution < 1.29 is 14.3 Å². The highest BCUT2D eigenvalue weighted by Crippen LogP contribution is 2.19. The van der Waals surface area contributed by atoms with E-state index >= 15 is 0 Å². The molecule has 2 saturated heterocycles. The van der Waals surface area contributed by atoms with Crippen molar-refractivity contribution >= 4 is 17.6 Å². The molecule has 0 radical (unpaired) electrons. The second-order valence-electron chi connectivity index (χ2n) is 5.68. The van der Waals surface area contributed by atoms with Crippen LogP contribution in [0, 0.1) is 0 Å². The van der Waals surface area contributed by atoms with Crippen LogP contribution in [0.5, 0.6) is 0 Å². The van der Waals surface area contributed by atoms with Crippen LogP contribution in [-0.2, 0) is 4.74 Å². The molecular weight excluding hydrogens is 282 g/mol. The predicted octanol–water partition coefficient (Wildman–Crippen LogP) is 1.47. The molecule has 0 bridgehead atoms. The van der Waals surface area contributed by atoms with Crippen molar-refractivity contribution in [2.75, 3.05) is 37.7 Å². The first-order valence-corrected chi connectivity index (χ1v) is 7.71. The minimum atomic E-state index is -0.0858. The van der Waals surface area contributed by atoms with E-state index in [2.05, 4.69) is 12.2 Å². The Bertz CT molecular complexity index is 558. The topological polar surface area (TPSA) is 61.9 Å². The van der Waals surface area contributed by atoms with Crippen molar-refractivity contribution in [3.05, 3.63) is 29.8 Å². The molecule has 1 aromatic rings. The number of nitrogens with zero attached hydrogens (tertiary/aromatic N) is 2. The van der Waals surface area contributed by atoms with Crippen LogP contribution in [0.25, 0.3) is 0 Å². The van der Waals surface area contributed by atoms with E-state index in [4.69, 9.17) is 4.74 Å². The minimum Gasteiger partial charge on any atom is -0.380 e. The van der Waals surface area contributed by atoms with E-state index < -0.39 is 0 Å². The summed E-state index contributed by atoms with van der Waals surface area (Å²) in [6.45, 7) is 5.28. The van der Waals surface area contributed by atoms with Gasteiger partial charge in [-0.25, -0.2) is 4.79 Å². The molecule has 2 aliphatic heterocycles. The first kappa shape index (κ1) is 14.8. The van der Waals surface area contributed by atoms with Crippen molar-refractivity contribution in [2.45, 2.75) is 19.4 Å². The SMILES string of the molecule is CC1CCOCCN1C(=O)c1ccc(N2CCNC2=O)cc1. The van der Waals surface area contributed by atoms with Gasteiger partial charge in [0.15, 0.2) is 0 Å². The van der Waals surface area contributed by atoms with Crippen LogP contribution >= 0.6 is 0 Å². The predicted molar refractivity (Wildman–Crippen MR) is 83.1 cm³/mol. The molecule has 3 rings (SSSR count). The molecule has 1 N–H and O–H groups in total. The van der Waals surface area contributed by atoms with E-state index in [0.717, 1.165) is 12.1 Å². The standard InChI is InChI=1S/C16H21N3O3/c1-12-6-10-22-11-9-18(12)15(20)13-2-4-14(5-3-13)19-8-7-17-16(19)21/h2-5,12H,6-11H2,1H3,(H,17,21). The van der Waals surface area contributed by atoms with Gasteiger partial charge in [0.1, 0.15) is 0 Å². The molecule has 0 spiro atoms. The quantitative estimate of drug-likeness (QED) is 0.900. The summed E-state index contributed by atoms with van der Waals surface area (Å²) >= 11 is 0. The molecular formula is C16H21N3O3. The van der Waals surface area contributed by atoms with Crippen molar-refractivity contribution in [1.82, 2.24) is 10.2 Å². The van der Waals surface area contributed by atoms with Gasteiger partial charge in [-0.3, -0.25) is 9.69 Å². The highest BCUT2D eigenvalue weighted by Gasteiger charge is 2.24. The third-order valence-electron chi connectivity index (χ3n) is 4.23. The zero-order valence-corrected chi connectivity index (χ0v) is 12.7. The fourth-order valence-electron chi connectivity index (χ4n) is 2.86. The van der Waals surface area contributed by atoms with Gasteiger partial charge >= 0.3 is 6.03 Å². The second-order valence-corrected chi connectivity index (χ2v) is 5.68. The molecule has 6 nitrogen and oxygen atoms in total. The van der Waals surface area contributed by atoms with Gasteiger partial charge in [0.25, 0.3) is 5.91 Å². The van der Waals surface area contributed by atoms with Crippen molar-refractivity contribution in [3.8, 4) is 0 Å². The zero-order valence-electron chi connectivity index (χ0n) is 12.7. The third-order valence-corrected chi connectivity index (χ3v) is 4.23. The van der Waals surface area contributed by atoms with E-state index in [1.165, 1.54) is 0 Å². The molecule has 0 aromatic heterocycles. The lowest BCUT2D eigenvalue weighted by molar-refractivity contribution is 0.0687. The summed E-state index contributed by atoms with van der Waals surface area (Å²) in [4.78, 5) is 27.8. The lowest BCUT2D eigenvalue weighted by atomic mass is 10.1. The molecule has 1 aromatic carbocycles. The third kappa shape index (κ3) is 2.92. The summed E-state index contributed by atoms with van der Waals surface area (Å²) < 4.78 is 5.43. The number of urea groups is 1. The number of carbonyl (C=O) groups is 2. The molecule has 2 fully saturated rings. The highest BCUT2D eigenvalue weighted by atomic mass is 16.5. The molecule has 0 saturated carbocycles.